The Hall–Kier alpha value is -7.19. The minimum absolute atomic E-state index is 0.530. The van der Waals surface area contributed by atoms with E-state index >= 15 is 0 Å². The Kier molecular flexibility index (Phi) is 7.28. The van der Waals surface area contributed by atoms with Crippen LogP contribution in [0.4, 0.5) is 0 Å². The average Bonchev–Trinajstić information content (AvgIpc) is 3.51. The van der Waals surface area contributed by atoms with Gasteiger partial charge in [0.2, 0.25) is 0 Å². The largest absolute Gasteiger partial charge is 0.309 e. The van der Waals surface area contributed by atoms with Crippen LogP contribution in [0.1, 0.15) is 16.7 Å². The maximum atomic E-state index is 10.3. The Morgan fingerprint density at radius 2 is 0.755 bits per heavy atom. The van der Waals surface area contributed by atoms with Crippen molar-refractivity contribution >= 4 is 21.8 Å². The quantitative estimate of drug-likeness (QED) is 0.192. The van der Waals surface area contributed by atoms with E-state index in [9.17, 15) is 15.8 Å². The van der Waals surface area contributed by atoms with E-state index in [1.54, 1.807) is 12.1 Å². The highest BCUT2D eigenvalue weighted by Crippen LogP contribution is 2.38. The van der Waals surface area contributed by atoms with Crippen LogP contribution in [-0.4, -0.2) is 4.57 Å². The molecule has 0 saturated carbocycles. The van der Waals surface area contributed by atoms with Gasteiger partial charge in [0.05, 0.1) is 45.9 Å². The van der Waals surface area contributed by atoms with Gasteiger partial charge in [-0.3, -0.25) is 0 Å². The summed E-state index contributed by atoms with van der Waals surface area (Å²) in [6.45, 7) is 0. The van der Waals surface area contributed by atoms with Gasteiger partial charge >= 0.3 is 0 Å². The summed E-state index contributed by atoms with van der Waals surface area (Å²) in [6.07, 6.45) is 0. The van der Waals surface area contributed by atoms with Crippen LogP contribution < -0.4 is 0 Å². The number of hydrogen-bond acceptors (Lipinski definition) is 3. The lowest BCUT2D eigenvalue weighted by Crippen LogP contribution is -1.96. The highest BCUT2D eigenvalue weighted by atomic mass is 15.0. The molecule has 1 aromatic heterocycles. The van der Waals surface area contributed by atoms with Crippen molar-refractivity contribution in [1.29, 1.82) is 15.8 Å². The van der Waals surface area contributed by atoms with Crippen LogP contribution >= 0.6 is 0 Å². The summed E-state index contributed by atoms with van der Waals surface area (Å²) in [5.74, 6) is 0. The van der Waals surface area contributed by atoms with Crippen molar-refractivity contribution in [3.8, 4) is 68.4 Å². The fourth-order valence-corrected chi connectivity index (χ4v) is 6.68. The van der Waals surface area contributed by atoms with Crippen LogP contribution in [0.2, 0.25) is 0 Å². The van der Waals surface area contributed by atoms with Gasteiger partial charge in [0.1, 0.15) is 0 Å². The normalized spacial score (nSPS) is 10.8. The Labute approximate surface area is 284 Å². The molecular weight excluding hydrogens is 597 g/mol. The molecule has 7 aromatic carbocycles. The standard InChI is InChI=1S/C45H26N4/c46-27-30-14-16-44-42(20-30)43-21-31(28-47)15-17-45(43)49(44)41-19-32(29-48)18-37(26-41)40-24-38(34-10-5-2-6-11-34)23-39(25-40)36-13-7-12-35(22-36)33-8-3-1-4-9-33/h1-26H. The van der Waals surface area contributed by atoms with E-state index in [0.717, 1.165) is 72.0 Å². The molecule has 0 atom stereocenters. The lowest BCUT2D eigenvalue weighted by atomic mass is 9.91. The van der Waals surface area contributed by atoms with E-state index in [4.69, 9.17) is 0 Å². The van der Waals surface area contributed by atoms with E-state index < -0.39 is 0 Å². The number of benzene rings is 7. The summed E-state index contributed by atoms with van der Waals surface area (Å²) in [4.78, 5) is 0. The van der Waals surface area contributed by atoms with E-state index in [1.807, 2.05) is 60.7 Å². The lowest BCUT2D eigenvalue weighted by molar-refractivity contribution is 1.18. The first kappa shape index (κ1) is 29.2. The molecule has 0 amide bonds. The molecular formula is C45H26N4. The molecule has 4 heteroatoms. The van der Waals surface area contributed by atoms with Gasteiger partial charge in [0, 0.05) is 16.5 Å². The van der Waals surface area contributed by atoms with Gasteiger partial charge in [-0.05, 0) is 123 Å². The first-order valence-corrected chi connectivity index (χ1v) is 15.9. The minimum Gasteiger partial charge on any atom is -0.309 e. The number of nitriles is 3. The van der Waals surface area contributed by atoms with E-state index in [1.165, 1.54) is 0 Å². The lowest BCUT2D eigenvalue weighted by Gasteiger charge is -2.15. The second kappa shape index (κ2) is 12.2. The number of aromatic nitrogens is 1. The zero-order valence-electron chi connectivity index (χ0n) is 26.3. The van der Waals surface area contributed by atoms with Crippen LogP contribution in [0, 0.1) is 34.0 Å². The fraction of sp³-hybridized carbons (Fsp3) is 0. The number of rotatable bonds is 5. The van der Waals surface area contributed by atoms with Gasteiger partial charge in [0.25, 0.3) is 0 Å². The van der Waals surface area contributed by atoms with Gasteiger partial charge < -0.3 is 4.57 Å². The molecule has 0 saturated heterocycles. The summed E-state index contributed by atoms with van der Waals surface area (Å²) >= 11 is 0. The molecule has 8 aromatic rings. The van der Waals surface area contributed by atoms with Crippen molar-refractivity contribution in [3.63, 3.8) is 0 Å². The first-order valence-electron chi connectivity index (χ1n) is 15.9. The maximum Gasteiger partial charge on any atom is 0.0992 e. The van der Waals surface area contributed by atoms with Crippen LogP contribution in [0.25, 0.3) is 72.0 Å². The Morgan fingerprint density at radius 1 is 0.327 bits per heavy atom. The van der Waals surface area contributed by atoms with Gasteiger partial charge in [-0.25, -0.2) is 0 Å². The minimum atomic E-state index is 0.530. The third-order valence-electron chi connectivity index (χ3n) is 9.00. The number of nitrogens with zero attached hydrogens (tertiary/aromatic N) is 4. The second-order valence-electron chi connectivity index (χ2n) is 12.0. The molecule has 226 valence electrons. The molecule has 0 aliphatic heterocycles. The van der Waals surface area contributed by atoms with Crippen molar-refractivity contribution in [2.75, 3.05) is 0 Å². The molecule has 1 heterocycles. The topological polar surface area (TPSA) is 76.3 Å². The summed E-state index contributed by atoms with van der Waals surface area (Å²) < 4.78 is 2.11. The SMILES string of the molecule is N#Cc1cc(-c2cc(-c3ccccc3)cc(-c3cccc(-c4ccccc4)c3)c2)cc(-n2c3ccc(C#N)cc3c3cc(C#N)ccc32)c1. The Balaban J connectivity index is 1.35. The van der Waals surface area contributed by atoms with Crippen molar-refractivity contribution in [3.05, 3.63) is 174 Å². The first-order chi connectivity index (χ1) is 24.1. The zero-order chi connectivity index (χ0) is 33.3. The van der Waals surface area contributed by atoms with Crippen molar-refractivity contribution in [1.82, 2.24) is 4.57 Å². The molecule has 0 N–H and O–H groups in total. The molecule has 0 unspecified atom stereocenters. The van der Waals surface area contributed by atoms with Gasteiger partial charge in [0.15, 0.2) is 0 Å². The Bertz CT molecular complexity index is 2610. The molecule has 0 fully saturated rings. The van der Waals surface area contributed by atoms with E-state index in [0.29, 0.717) is 16.7 Å². The molecule has 8 rings (SSSR count). The zero-order valence-corrected chi connectivity index (χ0v) is 26.3. The van der Waals surface area contributed by atoms with Gasteiger partial charge in [-0.1, -0.05) is 78.9 Å². The highest BCUT2D eigenvalue weighted by molar-refractivity contribution is 6.10. The summed E-state index contributed by atoms with van der Waals surface area (Å²) in [6, 6.07) is 59.9. The van der Waals surface area contributed by atoms with Crippen LogP contribution in [0.3, 0.4) is 0 Å². The van der Waals surface area contributed by atoms with Crippen LogP contribution in [0.15, 0.2) is 158 Å². The predicted octanol–water partition coefficient (Wildman–Crippen LogP) is 11.1. The van der Waals surface area contributed by atoms with Crippen LogP contribution in [-0.2, 0) is 0 Å². The highest BCUT2D eigenvalue weighted by Gasteiger charge is 2.16. The fourth-order valence-electron chi connectivity index (χ4n) is 6.68. The maximum absolute atomic E-state index is 10.3. The summed E-state index contributed by atoms with van der Waals surface area (Å²) in [5, 5.41) is 31.3. The van der Waals surface area contributed by atoms with Gasteiger partial charge in [-0.2, -0.15) is 15.8 Å². The molecule has 49 heavy (non-hydrogen) atoms. The third-order valence-corrected chi connectivity index (χ3v) is 9.00. The Morgan fingerprint density at radius 3 is 1.31 bits per heavy atom. The number of hydrogen-bond donors (Lipinski definition) is 0. The van der Waals surface area contributed by atoms with E-state index in [-0.39, 0.29) is 0 Å². The smallest absolute Gasteiger partial charge is 0.0992 e. The predicted molar refractivity (Wildman–Crippen MR) is 197 cm³/mol. The monoisotopic (exact) mass is 622 g/mol. The molecule has 0 bridgehead atoms. The van der Waals surface area contributed by atoms with Crippen LogP contribution in [0.5, 0.6) is 0 Å². The molecule has 4 nitrogen and oxygen atoms in total. The molecule has 0 spiro atoms. The van der Waals surface area contributed by atoms with Crippen molar-refractivity contribution < 1.29 is 0 Å². The third kappa shape index (κ3) is 5.39. The van der Waals surface area contributed by atoms with Crippen molar-refractivity contribution in [2.45, 2.75) is 0 Å². The second-order valence-corrected chi connectivity index (χ2v) is 12.0. The summed E-state index contributed by atoms with van der Waals surface area (Å²) in [5.41, 5.74) is 12.8. The van der Waals surface area contributed by atoms with Gasteiger partial charge in [-0.15, -0.1) is 0 Å². The van der Waals surface area contributed by atoms with E-state index in [2.05, 4.69) is 108 Å². The van der Waals surface area contributed by atoms with Crippen molar-refractivity contribution in [2.24, 2.45) is 0 Å². The average molecular weight is 623 g/mol. The molecule has 0 aliphatic rings. The molecule has 0 radical (unpaired) electrons. The number of fused-ring (bicyclic) bond motifs is 3. The summed E-state index contributed by atoms with van der Waals surface area (Å²) in [7, 11) is 0. The molecule has 0 aliphatic carbocycles.